The monoisotopic (exact) mass is 359 g/mol. The van der Waals surface area contributed by atoms with Gasteiger partial charge in [0.2, 0.25) is 0 Å². The molecule has 0 radical (unpaired) electrons. The SMILES string of the molecule is CCNC(CSc1ccccc1Cl)c1cccc(Cl)c1Cl. The van der Waals surface area contributed by atoms with Crippen LogP contribution < -0.4 is 5.32 Å². The van der Waals surface area contributed by atoms with Crippen molar-refractivity contribution in [3.8, 4) is 0 Å². The lowest BCUT2D eigenvalue weighted by Crippen LogP contribution is -2.23. The van der Waals surface area contributed by atoms with Crippen LogP contribution in [0.15, 0.2) is 47.4 Å². The summed E-state index contributed by atoms with van der Waals surface area (Å²) in [5.74, 6) is 0.831. The molecule has 0 fully saturated rings. The Kier molecular flexibility index (Phi) is 6.72. The predicted molar refractivity (Wildman–Crippen MR) is 95.1 cm³/mol. The maximum absolute atomic E-state index is 6.33. The Morgan fingerprint density at radius 1 is 1.00 bits per heavy atom. The molecule has 0 aliphatic heterocycles. The molecule has 0 saturated heterocycles. The molecule has 1 unspecified atom stereocenters. The third-order valence-electron chi connectivity index (χ3n) is 3.05. The molecule has 2 aromatic rings. The van der Waals surface area contributed by atoms with E-state index in [0.717, 1.165) is 27.8 Å². The highest BCUT2D eigenvalue weighted by molar-refractivity contribution is 7.99. The number of nitrogens with one attached hydrogen (secondary N) is 1. The zero-order valence-electron chi connectivity index (χ0n) is 11.6. The summed E-state index contributed by atoms with van der Waals surface area (Å²) in [6.07, 6.45) is 0. The highest BCUT2D eigenvalue weighted by Crippen LogP contribution is 2.34. The van der Waals surface area contributed by atoms with Crippen molar-refractivity contribution < 1.29 is 0 Å². The second kappa shape index (κ2) is 8.30. The van der Waals surface area contributed by atoms with Crippen LogP contribution >= 0.6 is 46.6 Å². The van der Waals surface area contributed by atoms with Gasteiger partial charge in [0.05, 0.1) is 15.1 Å². The van der Waals surface area contributed by atoms with Crippen molar-refractivity contribution >= 4 is 46.6 Å². The molecule has 1 atom stereocenters. The number of benzene rings is 2. The molecule has 0 amide bonds. The van der Waals surface area contributed by atoms with Gasteiger partial charge in [0.1, 0.15) is 0 Å². The Morgan fingerprint density at radius 2 is 1.71 bits per heavy atom. The highest BCUT2D eigenvalue weighted by Gasteiger charge is 2.16. The van der Waals surface area contributed by atoms with Crippen molar-refractivity contribution in [2.24, 2.45) is 0 Å². The van der Waals surface area contributed by atoms with E-state index in [9.17, 15) is 0 Å². The van der Waals surface area contributed by atoms with Crippen LogP contribution in [0.4, 0.5) is 0 Å². The van der Waals surface area contributed by atoms with E-state index in [0.29, 0.717) is 10.0 Å². The van der Waals surface area contributed by atoms with Crippen molar-refractivity contribution in [2.45, 2.75) is 17.9 Å². The zero-order chi connectivity index (χ0) is 15.2. The quantitative estimate of drug-likeness (QED) is 0.625. The van der Waals surface area contributed by atoms with Crippen LogP contribution in [0.2, 0.25) is 15.1 Å². The second-order valence-corrected chi connectivity index (χ2v) is 6.75. The lowest BCUT2D eigenvalue weighted by atomic mass is 10.1. The van der Waals surface area contributed by atoms with Crippen LogP contribution in [0.25, 0.3) is 0 Å². The lowest BCUT2D eigenvalue weighted by Gasteiger charge is -2.20. The van der Waals surface area contributed by atoms with E-state index in [2.05, 4.69) is 12.2 Å². The molecular weight excluding hydrogens is 345 g/mol. The first-order valence-corrected chi connectivity index (χ1v) is 8.80. The summed E-state index contributed by atoms with van der Waals surface area (Å²) in [5, 5.41) is 5.42. The summed E-state index contributed by atoms with van der Waals surface area (Å²) in [7, 11) is 0. The largest absolute Gasteiger partial charge is 0.309 e. The molecular formula is C16H16Cl3NS. The van der Waals surface area contributed by atoms with Crippen molar-refractivity contribution in [3.05, 3.63) is 63.1 Å². The maximum atomic E-state index is 6.33. The van der Waals surface area contributed by atoms with Gasteiger partial charge in [-0.2, -0.15) is 0 Å². The molecule has 0 aliphatic carbocycles. The van der Waals surface area contributed by atoms with Gasteiger partial charge in [-0.15, -0.1) is 11.8 Å². The highest BCUT2D eigenvalue weighted by atomic mass is 35.5. The molecule has 2 rings (SSSR count). The summed E-state index contributed by atoms with van der Waals surface area (Å²) in [5.41, 5.74) is 1.02. The van der Waals surface area contributed by atoms with Gasteiger partial charge in [0.25, 0.3) is 0 Å². The van der Waals surface area contributed by atoms with Crippen LogP contribution in [0.3, 0.4) is 0 Å². The number of thioether (sulfide) groups is 1. The average Bonchev–Trinajstić information content (AvgIpc) is 2.48. The summed E-state index contributed by atoms with van der Waals surface area (Å²) >= 11 is 20.3. The van der Waals surface area contributed by atoms with Gasteiger partial charge in [-0.25, -0.2) is 0 Å². The molecule has 5 heteroatoms. The Hall–Kier alpha value is -0.380. The Morgan fingerprint density at radius 3 is 2.43 bits per heavy atom. The lowest BCUT2D eigenvalue weighted by molar-refractivity contribution is 0.606. The summed E-state index contributed by atoms with van der Waals surface area (Å²) in [6, 6.07) is 13.7. The molecule has 0 aromatic heterocycles. The molecule has 0 saturated carbocycles. The molecule has 1 nitrogen and oxygen atoms in total. The van der Waals surface area contributed by atoms with E-state index in [-0.39, 0.29) is 6.04 Å². The van der Waals surface area contributed by atoms with E-state index in [1.54, 1.807) is 17.8 Å². The topological polar surface area (TPSA) is 12.0 Å². The molecule has 0 spiro atoms. The molecule has 112 valence electrons. The molecule has 0 bridgehead atoms. The maximum Gasteiger partial charge on any atom is 0.0640 e. The Balaban J connectivity index is 2.16. The third-order valence-corrected chi connectivity index (χ3v) is 5.49. The minimum Gasteiger partial charge on any atom is -0.309 e. The summed E-state index contributed by atoms with van der Waals surface area (Å²) in [6.45, 7) is 2.93. The predicted octanol–water partition coefficient (Wildman–Crippen LogP) is 6.09. The third kappa shape index (κ3) is 4.54. The standard InChI is InChI=1S/C16H16Cl3NS/c1-2-20-14(11-6-5-8-13(18)16(11)19)10-21-15-9-4-3-7-12(15)17/h3-9,14,20H,2,10H2,1H3. The fourth-order valence-electron chi connectivity index (χ4n) is 2.03. The fourth-order valence-corrected chi connectivity index (χ4v) is 3.79. The van der Waals surface area contributed by atoms with Crippen LogP contribution in [0, 0.1) is 0 Å². The van der Waals surface area contributed by atoms with E-state index < -0.39 is 0 Å². The minimum absolute atomic E-state index is 0.127. The van der Waals surface area contributed by atoms with Gasteiger partial charge in [0, 0.05) is 16.7 Å². The summed E-state index contributed by atoms with van der Waals surface area (Å²) in [4.78, 5) is 1.07. The molecule has 0 aliphatic rings. The van der Waals surface area contributed by atoms with Crippen molar-refractivity contribution in [2.75, 3.05) is 12.3 Å². The van der Waals surface area contributed by atoms with Crippen molar-refractivity contribution in [1.82, 2.24) is 5.32 Å². The number of rotatable bonds is 6. The molecule has 1 N–H and O–H groups in total. The van der Waals surface area contributed by atoms with Crippen LogP contribution in [0.5, 0.6) is 0 Å². The van der Waals surface area contributed by atoms with Crippen LogP contribution in [-0.2, 0) is 0 Å². The number of hydrogen-bond donors (Lipinski definition) is 1. The van der Waals surface area contributed by atoms with Gasteiger partial charge in [0.15, 0.2) is 0 Å². The van der Waals surface area contributed by atoms with E-state index in [1.165, 1.54) is 0 Å². The van der Waals surface area contributed by atoms with Crippen molar-refractivity contribution in [1.29, 1.82) is 0 Å². The second-order valence-electron chi connectivity index (χ2n) is 4.49. The van der Waals surface area contributed by atoms with Crippen LogP contribution in [0.1, 0.15) is 18.5 Å². The van der Waals surface area contributed by atoms with Gasteiger partial charge >= 0.3 is 0 Å². The number of hydrogen-bond acceptors (Lipinski definition) is 2. The first-order chi connectivity index (χ1) is 10.1. The first kappa shape index (κ1) is 17.0. The van der Waals surface area contributed by atoms with E-state index in [4.69, 9.17) is 34.8 Å². The van der Waals surface area contributed by atoms with Gasteiger partial charge < -0.3 is 5.32 Å². The van der Waals surface area contributed by atoms with Crippen molar-refractivity contribution in [3.63, 3.8) is 0 Å². The minimum atomic E-state index is 0.127. The first-order valence-electron chi connectivity index (χ1n) is 6.68. The molecule has 21 heavy (non-hydrogen) atoms. The van der Waals surface area contributed by atoms with Gasteiger partial charge in [-0.3, -0.25) is 0 Å². The Bertz CT molecular complexity index is 604. The summed E-state index contributed by atoms with van der Waals surface area (Å²) < 4.78 is 0. The molecule has 0 heterocycles. The van der Waals surface area contributed by atoms with Gasteiger partial charge in [-0.1, -0.05) is 66.0 Å². The Labute approximate surface area is 145 Å². The average molecular weight is 361 g/mol. The molecule has 2 aromatic carbocycles. The fraction of sp³-hybridized carbons (Fsp3) is 0.250. The van der Waals surface area contributed by atoms with Crippen LogP contribution in [-0.4, -0.2) is 12.3 Å². The number of halogens is 3. The van der Waals surface area contributed by atoms with E-state index in [1.807, 2.05) is 36.4 Å². The normalized spacial score (nSPS) is 12.4. The van der Waals surface area contributed by atoms with E-state index >= 15 is 0 Å². The van der Waals surface area contributed by atoms with Gasteiger partial charge in [-0.05, 0) is 30.3 Å². The zero-order valence-corrected chi connectivity index (χ0v) is 14.7. The smallest absolute Gasteiger partial charge is 0.0640 e.